The van der Waals surface area contributed by atoms with E-state index in [-0.39, 0.29) is 18.6 Å². The van der Waals surface area contributed by atoms with E-state index < -0.39 is 5.97 Å². The Balaban J connectivity index is 1.65. The number of para-hydroxylation sites is 1. The zero-order valence-corrected chi connectivity index (χ0v) is 18.0. The second-order valence-electron chi connectivity index (χ2n) is 8.19. The van der Waals surface area contributed by atoms with Crippen molar-refractivity contribution in [1.29, 1.82) is 0 Å². The van der Waals surface area contributed by atoms with Crippen LogP contribution in [0.3, 0.4) is 0 Å². The summed E-state index contributed by atoms with van der Waals surface area (Å²) in [6, 6.07) is 11.2. The molecule has 31 heavy (non-hydrogen) atoms. The molecule has 6 heteroatoms. The smallest absolute Gasteiger partial charge is 0.339 e. The third kappa shape index (κ3) is 4.38. The van der Waals surface area contributed by atoms with Crippen molar-refractivity contribution in [1.82, 2.24) is 10.3 Å². The van der Waals surface area contributed by atoms with Crippen molar-refractivity contribution in [3.8, 4) is 0 Å². The number of carbonyl (C=O) groups is 2. The van der Waals surface area contributed by atoms with E-state index in [2.05, 4.69) is 5.32 Å². The number of pyridine rings is 1. The highest BCUT2D eigenvalue weighted by Gasteiger charge is 2.28. The summed E-state index contributed by atoms with van der Waals surface area (Å²) < 4.78 is 10.9. The number of rotatable bonds is 6. The molecular weight excluding hydrogens is 392 g/mol. The summed E-state index contributed by atoms with van der Waals surface area (Å²) in [5.74, 6) is 0.244. The molecule has 1 aliphatic carbocycles. The van der Waals surface area contributed by atoms with E-state index in [9.17, 15) is 9.59 Å². The lowest BCUT2D eigenvalue weighted by Gasteiger charge is -2.17. The highest BCUT2D eigenvalue weighted by molar-refractivity contribution is 6.07. The first-order valence-corrected chi connectivity index (χ1v) is 10.6. The average molecular weight is 418 g/mol. The maximum Gasteiger partial charge on any atom is 0.339 e. The van der Waals surface area contributed by atoms with Gasteiger partial charge in [0.2, 0.25) is 0 Å². The Morgan fingerprint density at radius 3 is 2.71 bits per heavy atom. The van der Waals surface area contributed by atoms with Crippen molar-refractivity contribution in [2.75, 3.05) is 6.61 Å². The molecule has 1 aromatic carbocycles. The number of hydrogen-bond acceptors (Lipinski definition) is 5. The molecule has 1 amide bonds. The first-order valence-electron chi connectivity index (χ1n) is 10.6. The number of allylic oxidation sites excluding steroid dienone is 1. The van der Waals surface area contributed by atoms with Crippen LogP contribution in [0, 0.1) is 5.92 Å². The monoisotopic (exact) mass is 418 g/mol. The van der Waals surface area contributed by atoms with Crippen molar-refractivity contribution in [3.05, 3.63) is 65.2 Å². The standard InChI is InChI=1S/C25H26N2O4/c1-15(2)16(3)26-22(28)14-31-25(29)23-19-8-4-5-9-21(19)27-24-17(10-11-20(23)24)13-18-7-6-12-30-18/h4-9,12-13,15-16H,10-11,14H2,1-3H3,(H,26,28)/b17-13+/t16-/m0/s1. The van der Waals surface area contributed by atoms with Gasteiger partial charge in [0.1, 0.15) is 5.76 Å². The number of nitrogens with zero attached hydrogens (tertiary/aromatic N) is 1. The fourth-order valence-electron chi connectivity index (χ4n) is 3.72. The predicted octanol–water partition coefficient (Wildman–Crippen LogP) is 4.63. The second kappa shape index (κ2) is 8.76. The largest absolute Gasteiger partial charge is 0.465 e. The number of furan rings is 1. The van der Waals surface area contributed by atoms with Crippen molar-refractivity contribution in [2.24, 2.45) is 5.92 Å². The number of benzene rings is 1. The topological polar surface area (TPSA) is 81.4 Å². The van der Waals surface area contributed by atoms with E-state index in [0.717, 1.165) is 39.9 Å². The number of esters is 1. The van der Waals surface area contributed by atoms with Gasteiger partial charge in [0.15, 0.2) is 6.61 Å². The predicted molar refractivity (Wildman–Crippen MR) is 119 cm³/mol. The SMILES string of the molecule is CC(C)[C@H](C)NC(=O)COC(=O)c1c2c(nc3ccccc13)/C(=C/c1ccco1)CC2. The van der Waals surface area contributed by atoms with E-state index in [1.54, 1.807) is 6.26 Å². The molecule has 0 bridgehead atoms. The van der Waals surface area contributed by atoms with Gasteiger partial charge in [-0.15, -0.1) is 0 Å². The molecule has 2 aromatic heterocycles. The summed E-state index contributed by atoms with van der Waals surface area (Å²) in [5.41, 5.74) is 3.89. The van der Waals surface area contributed by atoms with E-state index in [1.165, 1.54) is 0 Å². The van der Waals surface area contributed by atoms with Crippen molar-refractivity contribution in [2.45, 2.75) is 39.7 Å². The Morgan fingerprint density at radius 1 is 1.16 bits per heavy atom. The van der Waals surface area contributed by atoms with E-state index >= 15 is 0 Å². The minimum atomic E-state index is -0.499. The molecule has 0 unspecified atom stereocenters. The maximum atomic E-state index is 13.1. The fraction of sp³-hybridized carbons (Fsp3) is 0.320. The Hall–Kier alpha value is -3.41. The number of aromatic nitrogens is 1. The van der Waals surface area contributed by atoms with Crippen LogP contribution < -0.4 is 5.32 Å². The van der Waals surface area contributed by atoms with Gasteiger partial charge in [-0.2, -0.15) is 0 Å². The summed E-state index contributed by atoms with van der Waals surface area (Å²) in [6.45, 7) is 5.67. The van der Waals surface area contributed by atoms with E-state index in [0.29, 0.717) is 17.9 Å². The molecule has 0 saturated carbocycles. The molecule has 4 rings (SSSR count). The molecule has 1 N–H and O–H groups in total. The van der Waals surface area contributed by atoms with Gasteiger partial charge in [0, 0.05) is 11.4 Å². The number of amides is 1. The van der Waals surface area contributed by atoms with Crippen LogP contribution in [0.5, 0.6) is 0 Å². The second-order valence-corrected chi connectivity index (χ2v) is 8.19. The minimum Gasteiger partial charge on any atom is -0.465 e. The molecule has 160 valence electrons. The molecular formula is C25H26N2O4. The zero-order valence-electron chi connectivity index (χ0n) is 18.0. The molecule has 0 fully saturated rings. The normalized spacial score (nSPS) is 15.3. The van der Waals surface area contributed by atoms with Gasteiger partial charge in [0.05, 0.1) is 23.0 Å². The van der Waals surface area contributed by atoms with E-state index in [1.807, 2.05) is 63.2 Å². The average Bonchev–Trinajstić information content (AvgIpc) is 3.40. The van der Waals surface area contributed by atoms with Gasteiger partial charge in [-0.25, -0.2) is 9.78 Å². The maximum absolute atomic E-state index is 13.1. The molecule has 0 aliphatic heterocycles. The van der Waals surface area contributed by atoms with Gasteiger partial charge in [-0.3, -0.25) is 4.79 Å². The molecule has 1 aliphatic rings. The van der Waals surface area contributed by atoms with Crippen LogP contribution in [-0.2, 0) is 16.0 Å². The Labute approximate surface area is 181 Å². The van der Waals surface area contributed by atoms with Crippen LogP contribution in [0.2, 0.25) is 0 Å². The van der Waals surface area contributed by atoms with Crippen LogP contribution in [0.1, 0.15) is 54.6 Å². The lowest BCUT2D eigenvalue weighted by molar-refractivity contribution is -0.125. The fourth-order valence-corrected chi connectivity index (χ4v) is 3.72. The summed E-state index contributed by atoms with van der Waals surface area (Å²) in [4.78, 5) is 30.1. The molecule has 2 heterocycles. The Morgan fingerprint density at radius 2 is 1.97 bits per heavy atom. The number of ether oxygens (including phenoxy) is 1. The number of carbonyl (C=O) groups excluding carboxylic acids is 2. The van der Waals surface area contributed by atoms with Gasteiger partial charge < -0.3 is 14.5 Å². The molecule has 3 aromatic rings. The third-order valence-corrected chi connectivity index (χ3v) is 5.73. The summed E-state index contributed by atoms with van der Waals surface area (Å²) in [6.07, 6.45) is 5.03. The first-order chi connectivity index (χ1) is 14.9. The van der Waals surface area contributed by atoms with Crippen LogP contribution in [0.4, 0.5) is 0 Å². The van der Waals surface area contributed by atoms with Crippen LogP contribution in [0.15, 0.2) is 47.1 Å². The number of hydrogen-bond donors (Lipinski definition) is 1. The number of nitrogens with one attached hydrogen (secondary N) is 1. The third-order valence-electron chi connectivity index (χ3n) is 5.73. The lowest BCUT2D eigenvalue weighted by Crippen LogP contribution is -2.38. The summed E-state index contributed by atoms with van der Waals surface area (Å²) in [7, 11) is 0. The van der Waals surface area contributed by atoms with Crippen molar-refractivity contribution < 1.29 is 18.7 Å². The highest BCUT2D eigenvalue weighted by Crippen LogP contribution is 2.37. The summed E-state index contributed by atoms with van der Waals surface area (Å²) in [5, 5.41) is 3.60. The van der Waals surface area contributed by atoms with Crippen LogP contribution >= 0.6 is 0 Å². The van der Waals surface area contributed by atoms with E-state index in [4.69, 9.17) is 14.1 Å². The molecule has 6 nitrogen and oxygen atoms in total. The van der Waals surface area contributed by atoms with Gasteiger partial charge in [0.25, 0.3) is 5.91 Å². The molecule has 0 saturated heterocycles. The quantitative estimate of drug-likeness (QED) is 0.590. The molecule has 1 atom stereocenters. The minimum absolute atomic E-state index is 0.00602. The van der Waals surface area contributed by atoms with Crippen molar-refractivity contribution >= 4 is 34.4 Å². The summed E-state index contributed by atoms with van der Waals surface area (Å²) >= 11 is 0. The van der Waals surface area contributed by atoms with Gasteiger partial charge in [-0.05, 0) is 61.1 Å². The van der Waals surface area contributed by atoms with Crippen molar-refractivity contribution in [3.63, 3.8) is 0 Å². The molecule has 0 spiro atoms. The van der Waals surface area contributed by atoms with Crippen LogP contribution in [0.25, 0.3) is 22.6 Å². The van der Waals surface area contributed by atoms with Gasteiger partial charge in [-0.1, -0.05) is 32.0 Å². The Kier molecular flexibility index (Phi) is 5.89. The lowest BCUT2D eigenvalue weighted by atomic mass is 10.0. The molecule has 0 radical (unpaired) electrons. The van der Waals surface area contributed by atoms with Gasteiger partial charge >= 0.3 is 5.97 Å². The first kappa shape index (κ1) is 20.8. The van der Waals surface area contributed by atoms with Crippen LogP contribution in [-0.4, -0.2) is 29.5 Å². The Bertz CT molecular complexity index is 1150. The zero-order chi connectivity index (χ0) is 22.0. The number of fused-ring (bicyclic) bond motifs is 2. The highest BCUT2D eigenvalue weighted by atomic mass is 16.5.